The van der Waals surface area contributed by atoms with Gasteiger partial charge >= 0.3 is 0 Å². The molecule has 2 aromatic carbocycles. The van der Waals surface area contributed by atoms with E-state index in [9.17, 15) is 9.59 Å². The van der Waals surface area contributed by atoms with Gasteiger partial charge in [0.05, 0.1) is 17.5 Å². The fraction of sp³-hybridized carbons (Fsp3) is 0.0476. The van der Waals surface area contributed by atoms with Gasteiger partial charge in [0.2, 0.25) is 5.91 Å². The van der Waals surface area contributed by atoms with Gasteiger partial charge in [-0.05, 0) is 18.2 Å². The third-order valence-corrected chi connectivity index (χ3v) is 4.16. The molecule has 4 rings (SSSR count). The molecule has 0 saturated heterocycles. The van der Waals surface area contributed by atoms with E-state index >= 15 is 0 Å². The van der Waals surface area contributed by atoms with Gasteiger partial charge in [-0.15, -0.1) is 0 Å². The van der Waals surface area contributed by atoms with Gasteiger partial charge < -0.3 is 5.32 Å². The Kier molecular flexibility index (Phi) is 4.22. The van der Waals surface area contributed by atoms with Gasteiger partial charge in [0.15, 0.2) is 11.4 Å². The van der Waals surface area contributed by atoms with Crippen LogP contribution in [0.3, 0.4) is 0 Å². The summed E-state index contributed by atoms with van der Waals surface area (Å²) in [5.41, 5.74) is 3.85. The van der Waals surface area contributed by atoms with Crippen LogP contribution in [0.4, 0.5) is 5.69 Å². The first kappa shape index (κ1) is 16.7. The number of hydrogen-bond donors (Lipinski definition) is 1. The Labute approximate surface area is 155 Å². The van der Waals surface area contributed by atoms with Crippen LogP contribution in [0.2, 0.25) is 0 Å². The molecule has 0 aliphatic rings. The fourth-order valence-electron chi connectivity index (χ4n) is 2.97. The van der Waals surface area contributed by atoms with Crippen LogP contribution in [0, 0.1) is 0 Å². The number of nitrogens with zero attached hydrogens (tertiary/aromatic N) is 3. The van der Waals surface area contributed by atoms with Crippen molar-refractivity contribution in [2.24, 2.45) is 0 Å². The van der Waals surface area contributed by atoms with Crippen LogP contribution in [0.25, 0.3) is 16.9 Å². The average Bonchev–Trinajstić information content (AvgIpc) is 3.12. The first-order valence-electron chi connectivity index (χ1n) is 8.44. The molecule has 0 spiro atoms. The van der Waals surface area contributed by atoms with Crippen molar-refractivity contribution in [2.75, 3.05) is 5.32 Å². The lowest BCUT2D eigenvalue weighted by Crippen LogP contribution is -2.06. The fourth-order valence-corrected chi connectivity index (χ4v) is 2.97. The van der Waals surface area contributed by atoms with Gasteiger partial charge in [-0.2, -0.15) is 5.10 Å². The van der Waals surface area contributed by atoms with E-state index < -0.39 is 0 Å². The highest BCUT2D eigenvalue weighted by atomic mass is 16.1. The number of aromatic nitrogens is 3. The number of hydrogen-bond acceptors (Lipinski definition) is 4. The molecule has 27 heavy (non-hydrogen) atoms. The third kappa shape index (κ3) is 3.20. The maximum absolute atomic E-state index is 12.8. The number of anilines is 1. The number of nitrogens with one attached hydrogen (secondary N) is 1. The molecule has 0 atom stereocenters. The molecule has 0 unspecified atom stereocenters. The monoisotopic (exact) mass is 356 g/mol. The Bertz CT molecular complexity index is 1150. The number of rotatable bonds is 4. The van der Waals surface area contributed by atoms with Crippen LogP contribution in [0.1, 0.15) is 22.8 Å². The van der Waals surface area contributed by atoms with Crippen LogP contribution in [0.15, 0.2) is 73.1 Å². The molecule has 2 aromatic heterocycles. The first-order valence-corrected chi connectivity index (χ1v) is 8.44. The highest BCUT2D eigenvalue weighted by Gasteiger charge is 2.17. The van der Waals surface area contributed by atoms with E-state index in [0.29, 0.717) is 22.5 Å². The summed E-state index contributed by atoms with van der Waals surface area (Å²) < 4.78 is 1.64. The van der Waals surface area contributed by atoms with E-state index in [4.69, 9.17) is 0 Å². The molecule has 1 N–H and O–H groups in total. The highest BCUT2D eigenvalue weighted by molar-refractivity contribution is 6.12. The predicted molar refractivity (Wildman–Crippen MR) is 103 cm³/mol. The molecule has 0 fully saturated rings. The second kappa shape index (κ2) is 6.84. The summed E-state index contributed by atoms with van der Waals surface area (Å²) in [6, 6.07) is 18.3. The minimum Gasteiger partial charge on any atom is -0.326 e. The SMILES string of the molecule is CC(=O)Nc1cccc(-c2ccnc3c(C(=O)c4ccccc4)cnn23)c1. The summed E-state index contributed by atoms with van der Waals surface area (Å²) in [6.07, 6.45) is 3.19. The zero-order chi connectivity index (χ0) is 18.8. The van der Waals surface area contributed by atoms with Gasteiger partial charge in [-0.1, -0.05) is 42.5 Å². The molecule has 2 heterocycles. The Morgan fingerprint density at radius 1 is 1.00 bits per heavy atom. The number of benzene rings is 2. The Balaban J connectivity index is 1.80. The number of amides is 1. The van der Waals surface area contributed by atoms with Gasteiger partial charge in [-0.25, -0.2) is 9.50 Å². The Morgan fingerprint density at radius 2 is 1.81 bits per heavy atom. The van der Waals surface area contributed by atoms with Crippen molar-refractivity contribution in [1.29, 1.82) is 0 Å². The maximum atomic E-state index is 12.8. The summed E-state index contributed by atoms with van der Waals surface area (Å²) in [5.74, 6) is -0.260. The molecule has 132 valence electrons. The molecule has 0 saturated carbocycles. The number of ketones is 1. The largest absolute Gasteiger partial charge is 0.326 e. The predicted octanol–water partition coefficient (Wildman–Crippen LogP) is 3.59. The zero-order valence-corrected chi connectivity index (χ0v) is 14.6. The minimum absolute atomic E-state index is 0.123. The molecule has 0 bridgehead atoms. The second-order valence-corrected chi connectivity index (χ2v) is 6.08. The molecule has 0 aliphatic heterocycles. The number of carbonyl (C=O) groups excluding carboxylic acids is 2. The lowest BCUT2D eigenvalue weighted by Gasteiger charge is -2.08. The van der Waals surface area contributed by atoms with E-state index in [-0.39, 0.29) is 11.7 Å². The standard InChI is InChI=1S/C21H16N4O2/c1-14(26)24-17-9-5-8-16(12-17)19-10-11-22-21-18(13-23-25(19)21)20(27)15-6-3-2-4-7-15/h2-13H,1H3,(H,24,26). The van der Waals surface area contributed by atoms with Crippen molar-refractivity contribution in [2.45, 2.75) is 6.92 Å². The van der Waals surface area contributed by atoms with Crippen molar-refractivity contribution in [3.05, 3.63) is 84.2 Å². The normalized spacial score (nSPS) is 10.7. The van der Waals surface area contributed by atoms with Crippen LogP contribution in [-0.4, -0.2) is 26.3 Å². The lowest BCUT2D eigenvalue weighted by atomic mass is 10.1. The summed E-state index contributed by atoms with van der Waals surface area (Å²) in [4.78, 5) is 28.5. The molecule has 4 aromatic rings. The number of fused-ring (bicyclic) bond motifs is 1. The first-order chi connectivity index (χ1) is 13.1. The van der Waals surface area contributed by atoms with E-state index in [1.807, 2.05) is 48.5 Å². The topological polar surface area (TPSA) is 76.4 Å². The van der Waals surface area contributed by atoms with E-state index in [1.165, 1.54) is 6.92 Å². The van der Waals surface area contributed by atoms with Crippen molar-refractivity contribution in [1.82, 2.24) is 14.6 Å². The van der Waals surface area contributed by atoms with Gasteiger partial charge in [0, 0.05) is 29.9 Å². The maximum Gasteiger partial charge on any atom is 0.221 e. The van der Waals surface area contributed by atoms with E-state index in [1.54, 1.807) is 29.0 Å². The zero-order valence-electron chi connectivity index (χ0n) is 14.6. The smallest absolute Gasteiger partial charge is 0.221 e. The summed E-state index contributed by atoms with van der Waals surface area (Å²) in [6.45, 7) is 1.46. The number of carbonyl (C=O) groups is 2. The summed E-state index contributed by atoms with van der Waals surface area (Å²) in [5, 5.41) is 7.15. The second-order valence-electron chi connectivity index (χ2n) is 6.08. The summed E-state index contributed by atoms with van der Waals surface area (Å²) in [7, 11) is 0. The molecule has 0 aliphatic carbocycles. The molecular formula is C21H16N4O2. The average molecular weight is 356 g/mol. The molecule has 1 amide bonds. The quantitative estimate of drug-likeness (QED) is 0.567. The van der Waals surface area contributed by atoms with Crippen molar-refractivity contribution in [3.63, 3.8) is 0 Å². The molecular weight excluding hydrogens is 340 g/mol. The van der Waals surface area contributed by atoms with E-state index in [2.05, 4.69) is 15.4 Å². The molecule has 0 radical (unpaired) electrons. The van der Waals surface area contributed by atoms with Gasteiger partial charge in [-0.3, -0.25) is 9.59 Å². The van der Waals surface area contributed by atoms with E-state index in [0.717, 1.165) is 11.3 Å². The van der Waals surface area contributed by atoms with Crippen LogP contribution in [0.5, 0.6) is 0 Å². The molecule has 6 nitrogen and oxygen atoms in total. The highest BCUT2D eigenvalue weighted by Crippen LogP contribution is 2.24. The lowest BCUT2D eigenvalue weighted by molar-refractivity contribution is -0.114. The van der Waals surface area contributed by atoms with Crippen molar-refractivity contribution in [3.8, 4) is 11.3 Å². The molecule has 6 heteroatoms. The van der Waals surface area contributed by atoms with Crippen LogP contribution in [-0.2, 0) is 4.79 Å². The minimum atomic E-state index is -0.137. The van der Waals surface area contributed by atoms with Gasteiger partial charge in [0.1, 0.15) is 0 Å². The van der Waals surface area contributed by atoms with Gasteiger partial charge in [0.25, 0.3) is 0 Å². The third-order valence-electron chi connectivity index (χ3n) is 4.16. The summed E-state index contributed by atoms with van der Waals surface area (Å²) >= 11 is 0. The Morgan fingerprint density at radius 3 is 2.59 bits per heavy atom. The Hall–Kier alpha value is -3.80. The van der Waals surface area contributed by atoms with Crippen molar-refractivity contribution >= 4 is 23.0 Å². The van der Waals surface area contributed by atoms with Crippen molar-refractivity contribution < 1.29 is 9.59 Å². The van der Waals surface area contributed by atoms with Crippen LogP contribution >= 0.6 is 0 Å². The van der Waals surface area contributed by atoms with Crippen LogP contribution < -0.4 is 5.32 Å².